The van der Waals surface area contributed by atoms with Crippen molar-refractivity contribution in [3.63, 3.8) is 0 Å². The molecule has 1 aromatic rings. The fraction of sp³-hybridized carbons (Fsp3) is 0.556. The highest BCUT2D eigenvalue weighted by molar-refractivity contribution is 5.86. The van der Waals surface area contributed by atoms with Crippen molar-refractivity contribution in [3.8, 4) is 11.5 Å². The number of hydrogen-bond acceptors (Lipinski definition) is 11. The Morgan fingerprint density at radius 1 is 1.23 bits per heavy atom. The monoisotopic (exact) mass is 545 g/mol. The summed E-state index contributed by atoms with van der Waals surface area (Å²) >= 11 is 0. The van der Waals surface area contributed by atoms with Crippen LogP contribution < -0.4 is 9.47 Å². The number of carboxylic acid groups (broad SMARTS) is 1. The highest BCUT2D eigenvalue weighted by Crippen LogP contribution is 2.65. The van der Waals surface area contributed by atoms with Gasteiger partial charge >= 0.3 is 23.9 Å². The first-order valence-corrected chi connectivity index (χ1v) is 12.7. The highest BCUT2D eigenvalue weighted by atomic mass is 16.6. The van der Waals surface area contributed by atoms with Crippen molar-refractivity contribution >= 4 is 23.9 Å². The maximum absolute atomic E-state index is 13.2. The number of aliphatic hydroxyl groups is 1. The third kappa shape index (κ3) is 4.04. The molecule has 39 heavy (non-hydrogen) atoms. The normalized spacial score (nSPS) is 29.6. The second-order valence-electron chi connectivity index (χ2n) is 10.5. The summed E-state index contributed by atoms with van der Waals surface area (Å²) in [7, 11) is 3.50. The van der Waals surface area contributed by atoms with Gasteiger partial charge in [0, 0.05) is 24.9 Å². The summed E-state index contributed by atoms with van der Waals surface area (Å²) in [5.41, 5.74) is -0.256. The lowest BCUT2D eigenvalue weighted by atomic mass is 9.50. The number of carbonyl (C=O) groups excluding carboxylic acids is 3. The number of ether oxygens (including phenoxy) is 5. The van der Waals surface area contributed by atoms with E-state index in [0.717, 1.165) is 25.0 Å². The number of carbonyl (C=O) groups is 4. The quantitative estimate of drug-likeness (QED) is 0.351. The number of hydrogen-bond donors (Lipinski definition) is 2. The van der Waals surface area contributed by atoms with Crippen molar-refractivity contribution in [1.82, 2.24) is 4.90 Å². The molecular weight excluding hydrogens is 514 g/mol. The largest absolute Gasteiger partial charge is 0.493 e. The van der Waals surface area contributed by atoms with Gasteiger partial charge in [-0.2, -0.15) is 0 Å². The molecule has 0 amide bonds. The molecular formula is C27H31NO11. The molecule has 2 aliphatic carbocycles. The van der Waals surface area contributed by atoms with E-state index in [4.69, 9.17) is 28.8 Å². The molecule has 12 heteroatoms. The fourth-order valence-electron chi connectivity index (χ4n) is 6.59. The van der Waals surface area contributed by atoms with Gasteiger partial charge in [-0.15, -0.1) is 0 Å². The van der Waals surface area contributed by atoms with Gasteiger partial charge in [0.25, 0.3) is 0 Å². The Morgan fingerprint density at radius 2 is 1.97 bits per heavy atom. The van der Waals surface area contributed by atoms with Crippen LogP contribution in [-0.4, -0.2) is 89.6 Å². The van der Waals surface area contributed by atoms with Crippen LogP contribution in [0.5, 0.6) is 11.5 Å². The summed E-state index contributed by atoms with van der Waals surface area (Å²) in [6, 6.07) is 3.59. The number of methoxy groups -OCH3 is 1. The highest BCUT2D eigenvalue weighted by Gasteiger charge is 2.72. The number of piperidine rings is 1. The molecule has 1 saturated heterocycles. The summed E-state index contributed by atoms with van der Waals surface area (Å²) in [6.45, 7) is 2.90. The number of aliphatic carboxylic acids is 1. The van der Waals surface area contributed by atoms with Crippen molar-refractivity contribution in [2.75, 3.05) is 20.7 Å². The van der Waals surface area contributed by atoms with Crippen LogP contribution in [0.15, 0.2) is 24.0 Å². The van der Waals surface area contributed by atoms with Crippen LogP contribution in [0.4, 0.5) is 0 Å². The van der Waals surface area contributed by atoms with E-state index in [-0.39, 0.29) is 18.2 Å². The molecule has 1 aromatic carbocycles. The Bertz CT molecular complexity index is 1270. The van der Waals surface area contributed by atoms with Gasteiger partial charge in [0.1, 0.15) is 5.76 Å². The van der Waals surface area contributed by atoms with Gasteiger partial charge in [0.2, 0.25) is 6.10 Å². The summed E-state index contributed by atoms with van der Waals surface area (Å²) in [6.07, 6.45) is -1.83. The van der Waals surface area contributed by atoms with E-state index in [0.29, 0.717) is 30.9 Å². The maximum Gasteiger partial charge on any atom is 0.353 e. The molecule has 6 atom stereocenters. The van der Waals surface area contributed by atoms with Crippen LogP contribution in [0, 0.1) is 0 Å². The molecule has 12 nitrogen and oxygen atoms in total. The second-order valence-corrected chi connectivity index (χ2v) is 10.5. The van der Waals surface area contributed by atoms with E-state index in [1.54, 1.807) is 6.08 Å². The second kappa shape index (κ2) is 9.53. The fourth-order valence-corrected chi connectivity index (χ4v) is 6.59. The Morgan fingerprint density at radius 3 is 2.64 bits per heavy atom. The number of likely N-dealkylation sites (N-methyl/N-ethyl adjacent to an activating group) is 1. The number of nitrogens with zero attached hydrogens (tertiary/aromatic N) is 1. The number of benzene rings is 1. The van der Waals surface area contributed by atoms with Gasteiger partial charge in [0.15, 0.2) is 23.7 Å². The molecule has 1 spiro atoms. The molecule has 0 saturated carbocycles. The average Bonchev–Trinajstić information content (AvgIpc) is 3.22. The minimum atomic E-state index is -1.68. The summed E-state index contributed by atoms with van der Waals surface area (Å²) in [5.74, 6) is -3.20. The lowest BCUT2D eigenvalue weighted by Crippen LogP contribution is -2.74. The van der Waals surface area contributed by atoms with Crippen LogP contribution >= 0.6 is 0 Å². The predicted molar refractivity (Wildman–Crippen MR) is 131 cm³/mol. The van der Waals surface area contributed by atoms with Crippen LogP contribution in [-0.2, 0) is 45.2 Å². The van der Waals surface area contributed by atoms with Crippen LogP contribution in [0.3, 0.4) is 0 Å². The van der Waals surface area contributed by atoms with Crippen molar-refractivity contribution in [2.45, 2.75) is 74.9 Å². The van der Waals surface area contributed by atoms with Crippen LogP contribution in [0.1, 0.15) is 44.2 Å². The Labute approximate surface area is 224 Å². The molecule has 5 rings (SSSR count). The lowest BCUT2D eigenvalue weighted by molar-refractivity contribution is -0.178. The molecule has 210 valence electrons. The average molecular weight is 546 g/mol. The van der Waals surface area contributed by atoms with Gasteiger partial charge in [-0.1, -0.05) is 6.07 Å². The minimum Gasteiger partial charge on any atom is -0.493 e. The van der Waals surface area contributed by atoms with Gasteiger partial charge < -0.3 is 38.8 Å². The number of likely N-dealkylation sites (tertiary alicyclic amines) is 1. The first-order valence-electron chi connectivity index (χ1n) is 12.7. The van der Waals surface area contributed by atoms with E-state index in [1.165, 1.54) is 7.11 Å². The van der Waals surface area contributed by atoms with Gasteiger partial charge in [-0.25, -0.2) is 9.59 Å². The minimum absolute atomic E-state index is 0.128. The summed E-state index contributed by atoms with van der Waals surface area (Å²) in [4.78, 5) is 50.4. The smallest absolute Gasteiger partial charge is 0.353 e. The number of rotatable bonds is 8. The van der Waals surface area contributed by atoms with E-state index < -0.39 is 59.6 Å². The van der Waals surface area contributed by atoms with E-state index >= 15 is 0 Å². The number of carboxylic acids is 1. The first kappa shape index (κ1) is 26.9. The Balaban J connectivity index is 1.47. The molecule has 1 fully saturated rings. The summed E-state index contributed by atoms with van der Waals surface area (Å²) in [5, 5.41) is 21.2. The van der Waals surface area contributed by atoms with Gasteiger partial charge in [-0.05, 0) is 51.1 Å². The van der Waals surface area contributed by atoms with Crippen molar-refractivity contribution < 1.29 is 53.1 Å². The predicted octanol–water partition coefficient (Wildman–Crippen LogP) is 0.854. The van der Waals surface area contributed by atoms with Crippen molar-refractivity contribution in [3.05, 3.63) is 35.1 Å². The molecule has 0 unspecified atom stereocenters. The van der Waals surface area contributed by atoms with E-state index in [9.17, 15) is 24.3 Å². The Hall–Kier alpha value is -3.64. The molecule has 2 N–H and O–H groups in total. The van der Waals surface area contributed by atoms with Gasteiger partial charge in [0.05, 0.1) is 24.5 Å². The SMILES string of the molecule is COc1ccc2c3c1O[C@@H]1C(OC(=O)[C@H](CC(=O)O[C@@H](C)C(=O)O)OC(C)=O)=CC[C@]4(O)[C@H](C2)N(C)CC[C@@]314. The molecule has 0 radical (unpaired) electrons. The molecule has 4 aliphatic rings. The maximum atomic E-state index is 13.2. The van der Waals surface area contributed by atoms with Crippen molar-refractivity contribution in [2.24, 2.45) is 0 Å². The standard InChI is InChI=1S/C27H31NO11/c1-13(24(31)32)36-20(30)12-18(37-14(2)29)25(33)38-17-7-8-27(34)19-11-15-5-6-16(35-4)22-21(15)26(27,23(17)39-22)9-10-28(19)3/h5-7,13,18-19,23,34H,8-12H2,1-4H3,(H,31,32)/t13-,18-,19-,23+,26+,27-/m0/s1. The third-order valence-electron chi connectivity index (χ3n) is 8.36. The van der Waals surface area contributed by atoms with Crippen molar-refractivity contribution in [1.29, 1.82) is 0 Å². The summed E-state index contributed by atoms with van der Waals surface area (Å²) < 4.78 is 27.5. The number of esters is 3. The molecule has 0 aromatic heterocycles. The zero-order valence-electron chi connectivity index (χ0n) is 22.1. The van der Waals surface area contributed by atoms with E-state index in [1.807, 2.05) is 19.2 Å². The van der Waals surface area contributed by atoms with E-state index in [2.05, 4.69) is 4.90 Å². The zero-order chi connectivity index (χ0) is 28.3. The van der Waals surface area contributed by atoms with Crippen LogP contribution in [0.25, 0.3) is 0 Å². The topological polar surface area (TPSA) is 158 Å². The third-order valence-corrected chi connectivity index (χ3v) is 8.36. The Kier molecular flexibility index (Phi) is 6.58. The zero-order valence-corrected chi connectivity index (χ0v) is 22.1. The first-order chi connectivity index (χ1) is 18.4. The van der Waals surface area contributed by atoms with Crippen LogP contribution in [0.2, 0.25) is 0 Å². The molecule has 2 aliphatic heterocycles. The molecule has 2 heterocycles. The lowest BCUT2D eigenvalue weighted by Gasteiger charge is -2.61. The van der Waals surface area contributed by atoms with Gasteiger partial charge in [-0.3, -0.25) is 9.59 Å². The molecule has 2 bridgehead atoms.